The van der Waals surface area contributed by atoms with Crippen LogP contribution in [0.25, 0.3) is 0 Å². The smallest absolute Gasteiger partial charge is 0.232 e. The number of nitrogen functional groups attached to an aromatic ring is 1. The molecular formula is C11H19N7O2. The highest BCUT2D eigenvalue weighted by Gasteiger charge is 2.15. The normalized spacial score (nSPS) is 14.9. The average Bonchev–Trinajstić information content (AvgIpc) is 2.44. The number of ether oxygens (including phenoxy) is 1. The summed E-state index contributed by atoms with van der Waals surface area (Å²) in [5.41, 5.74) is 5.69. The molecule has 0 unspecified atom stereocenters. The second-order valence-corrected chi connectivity index (χ2v) is 4.33. The predicted octanol–water partition coefficient (Wildman–Crippen LogP) is -1.16. The summed E-state index contributed by atoms with van der Waals surface area (Å²) in [6, 6.07) is 0. The fraction of sp³-hybridized carbons (Fsp3) is 0.636. The predicted molar refractivity (Wildman–Crippen MR) is 74.4 cm³/mol. The van der Waals surface area contributed by atoms with Crippen LogP contribution in [0.3, 0.4) is 0 Å². The third-order valence-corrected chi connectivity index (χ3v) is 2.72. The molecule has 0 atom stereocenters. The molecule has 9 nitrogen and oxygen atoms in total. The van der Waals surface area contributed by atoms with Crippen molar-refractivity contribution in [2.75, 3.05) is 55.3 Å². The van der Waals surface area contributed by atoms with Crippen LogP contribution in [0.1, 0.15) is 6.92 Å². The highest BCUT2D eigenvalue weighted by molar-refractivity contribution is 5.72. The number of aromatic nitrogens is 3. The molecule has 0 spiro atoms. The Kier molecular flexibility index (Phi) is 4.88. The Morgan fingerprint density at radius 1 is 1.30 bits per heavy atom. The molecule has 0 aliphatic carbocycles. The van der Waals surface area contributed by atoms with Gasteiger partial charge in [0, 0.05) is 33.1 Å². The lowest BCUT2D eigenvalue weighted by atomic mass is 10.4. The number of hydrogen-bond acceptors (Lipinski definition) is 8. The number of morpholine rings is 1. The van der Waals surface area contributed by atoms with Gasteiger partial charge in [-0.2, -0.15) is 15.0 Å². The van der Waals surface area contributed by atoms with Crippen molar-refractivity contribution in [1.82, 2.24) is 20.3 Å². The third kappa shape index (κ3) is 4.19. The summed E-state index contributed by atoms with van der Waals surface area (Å²) < 4.78 is 5.28. The maximum atomic E-state index is 10.8. The van der Waals surface area contributed by atoms with E-state index in [1.165, 1.54) is 6.92 Å². The van der Waals surface area contributed by atoms with Crippen molar-refractivity contribution in [2.45, 2.75) is 6.92 Å². The molecule has 0 radical (unpaired) electrons. The lowest BCUT2D eigenvalue weighted by Crippen LogP contribution is -2.37. The summed E-state index contributed by atoms with van der Waals surface area (Å²) in [4.78, 5) is 25.2. The number of anilines is 3. The van der Waals surface area contributed by atoms with Crippen molar-refractivity contribution in [3.63, 3.8) is 0 Å². The van der Waals surface area contributed by atoms with E-state index in [-0.39, 0.29) is 11.9 Å². The standard InChI is InChI=1S/C11H19N7O2/c1-8(19)13-2-3-14-10-15-9(12)16-11(17-10)18-4-6-20-7-5-18/h2-7H2,1H3,(H,13,19)(H3,12,14,15,16,17). The van der Waals surface area contributed by atoms with E-state index in [1.807, 2.05) is 4.90 Å². The maximum absolute atomic E-state index is 10.8. The van der Waals surface area contributed by atoms with Crippen LogP contribution < -0.4 is 21.3 Å². The van der Waals surface area contributed by atoms with Gasteiger partial charge in [-0.1, -0.05) is 0 Å². The second kappa shape index (κ2) is 6.85. The molecule has 0 aromatic carbocycles. The molecule has 0 bridgehead atoms. The van der Waals surface area contributed by atoms with Crippen molar-refractivity contribution >= 4 is 23.8 Å². The number of amides is 1. The van der Waals surface area contributed by atoms with Gasteiger partial charge in [-0.15, -0.1) is 0 Å². The van der Waals surface area contributed by atoms with Gasteiger partial charge in [0.1, 0.15) is 0 Å². The van der Waals surface area contributed by atoms with Crippen LogP contribution in [0.5, 0.6) is 0 Å². The zero-order chi connectivity index (χ0) is 14.4. The lowest BCUT2D eigenvalue weighted by molar-refractivity contribution is -0.118. The highest BCUT2D eigenvalue weighted by atomic mass is 16.5. The highest BCUT2D eigenvalue weighted by Crippen LogP contribution is 2.13. The fourth-order valence-electron chi connectivity index (χ4n) is 1.78. The number of nitrogens with zero attached hydrogens (tertiary/aromatic N) is 4. The van der Waals surface area contributed by atoms with E-state index in [4.69, 9.17) is 10.5 Å². The zero-order valence-corrected chi connectivity index (χ0v) is 11.4. The summed E-state index contributed by atoms with van der Waals surface area (Å²) in [5, 5.41) is 5.68. The summed E-state index contributed by atoms with van der Waals surface area (Å²) in [5.74, 6) is 1.05. The quantitative estimate of drug-likeness (QED) is 0.578. The molecule has 0 saturated carbocycles. The Morgan fingerprint density at radius 2 is 2.05 bits per heavy atom. The van der Waals surface area contributed by atoms with Crippen LogP contribution in [0.15, 0.2) is 0 Å². The number of nitrogens with one attached hydrogen (secondary N) is 2. The molecule has 9 heteroatoms. The molecule has 1 aliphatic rings. The molecular weight excluding hydrogens is 262 g/mol. The van der Waals surface area contributed by atoms with E-state index in [0.29, 0.717) is 38.2 Å². The van der Waals surface area contributed by atoms with Crippen molar-refractivity contribution < 1.29 is 9.53 Å². The summed E-state index contributed by atoms with van der Waals surface area (Å²) in [7, 11) is 0. The molecule has 1 fully saturated rings. The van der Waals surface area contributed by atoms with Crippen molar-refractivity contribution in [3.05, 3.63) is 0 Å². The van der Waals surface area contributed by atoms with Crippen molar-refractivity contribution in [2.24, 2.45) is 0 Å². The first-order valence-electron chi connectivity index (χ1n) is 6.47. The van der Waals surface area contributed by atoms with Crippen molar-refractivity contribution in [1.29, 1.82) is 0 Å². The molecule has 1 aliphatic heterocycles. The molecule has 2 heterocycles. The molecule has 1 aromatic heterocycles. The number of carbonyl (C=O) groups excluding carboxylic acids is 1. The molecule has 20 heavy (non-hydrogen) atoms. The van der Waals surface area contributed by atoms with Gasteiger partial charge in [0.15, 0.2) is 0 Å². The van der Waals surface area contributed by atoms with E-state index in [0.717, 1.165) is 13.1 Å². The maximum Gasteiger partial charge on any atom is 0.232 e. The third-order valence-electron chi connectivity index (χ3n) is 2.72. The Bertz CT molecular complexity index is 462. The number of carbonyl (C=O) groups is 1. The van der Waals surface area contributed by atoms with Crippen LogP contribution in [-0.4, -0.2) is 60.3 Å². The Morgan fingerprint density at radius 3 is 2.75 bits per heavy atom. The Labute approximate surface area is 116 Å². The monoisotopic (exact) mass is 281 g/mol. The van der Waals surface area contributed by atoms with Gasteiger partial charge in [-0.25, -0.2) is 0 Å². The molecule has 1 aromatic rings. The number of hydrogen-bond donors (Lipinski definition) is 3. The lowest BCUT2D eigenvalue weighted by Gasteiger charge is -2.26. The molecule has 1 saturated heterocycles. The van der Waals surface area contributed by atoms with Crippen molar-refractivity contribution in [3.8, 4) is 0 Å². The van der Waals surface area contributed by atoms with E-state index < -0.39 is 0 Å². The topological polar surface area (TPSA) is 118 Å². The van der Waals surface area contributed by atoms with Gasteiger partial charge in [0.25, 0.3) is 0 Å². The SMILES string of the molecule is CC(=O)NCCNc1nc(N)nc(N2CCOCC2)n1. The van der Waals surface area contributed by atoms with Gasteiger partial charge in [-0.05, 0) is 0 Å². The first-order chi connectivity index (χ1) is 9.65. The van der Waals surface area contributed by atoms with Crippen LogP contribution in [-0.2, 0) is 9.53 Å². The Hall–Kier alpha value is -2.16. The number of rotatable bonds is 5. The Balaban J connectivity index is 1.95. The minimum absolute atomic E-state index is 0.0732. The summed E-state index contributed by atoms with van der Waals surface area (Å²) in [6.45, 7) is 5.24. The van der Waals surface area contributed by atoms with Gasteiger partial charge < -0.3 is 26.0 Å². The van der Waals surface area contributed by atoms with Crippen LogP contribution in [0, 0.1) is 0 Å². The summed E-state index contributed by atoms with van der Waals surface area (Å²) in [6.07, 6.45) is 0. The van der Waals surface area contributed by atoms with Crippen LogP contribution >= 0.6 is 0 Å². The minimum atomic E-state index is -0.0732. The first-order valence-corrected chi connectivity index (χ1v) is 6.47. The minimum Gasteiger partial charge on any atom is -0.378 e. The zero-order valence-electron chi connectivity index (χ0n) is 11.4. The van der Waals surface area contributed by atoms with Gasteiger partial charge >= 0.3 is 0 Å². The number of nitrogens with two attached hydrogens (primary N) is 1. The fourth-order valence-corrected chi connectivity index (χ4v) is 1.78. The molecule has 1 amide bonds. The molecule has 2 rings (SSSR count). The summed E-state index contributed by atoms with van der Waals surface area (Å²) >= 11 is 0. The van der Waals surface area contributed by atoms with Gasteiger partial charge in [0.2, 0.25) is 23.8 Å². The average molecular weight is 281 g/mol. The van der Waals surface area contributed by atoms with E-state index >= 15 is 0 Å². The van der Waals surface area contributed by atoms with Gasteiger partial charge in [-0.3, -0.25) is 4.79 Å². The van der Waals surface area contributed by atoms with Crippen LogP contribution in [0.4, 0.5) is 17.8 Å². The largest absolute Gasteiger partial charge is 0.378 e. The first kappa shape index (κ1) is 14.3. The second-order valence-electron chi connectivity index (χ2n) is 4.33. The van der Waals surface area contributed by atoms with Crippen LogP contribution in [0.2, 0.25) is 0 Å². The van der Waals surface area contributed by atoms with E-state index in [1.54, 1.807) is 0 Å². The molecule has 4 N–H and O–H groups in total. The van der Waals surface area contributed by atoms with E-state index in [2.05, 4.69) is 25.6 Å². The van der Waals surface area contributed by atoms with E-state index in [9.17, 15) is 4.79 Å². The van der Waals surface area contributed by atoms with Gasteiger partial charge in [0.05, 0.1) is 13.2 Å². The molecule has 110 valence electrons.